The number of aromatic nitrogens is 2. The molecule has 0 radical (unpaired) electrons. The summed E-state index contributed by atoms with van der Waals surface area (Å²) in [5, 5.41) is 2.58. The monoisotopic (exact) mass is 588 g/mol. The average Bonchev–Trinajstić information content (AvgIpc) is 3.33. The van der Waals surface area contributed by atoms with Crippen LogP contribution in [0.4, 0.5) is 0 Å². The lowest BCUT2D eigenvalue weighted by Crippen LogP contribution is -2.35. The van der Waals surface area contributed by atoms with Crippen LogP contribution in [-0.4, -0.2) is 82.1 Å². The summed E-state index contributed by atoms with van der Waals surface area (Å²) in [6.45, 7) is 2.85. The summed E-state index contributed by atoms with van der Waals surface area (Å²) >= 11 is 0. The van der Waals surface area contributed by atoms with Crippen molar-refractivity contribution in [3.8, 4) is 0 Å². The van der Waals surface area contributed by atoms with Crippen LogP contribution in [0, 0.1) is 0 Å². The second-order valence-electron chi connectivity index (χ2n) is 7.41. The fraction of sp³-hybridized carbons (Fsp3) is 0.280. The van der Waals surface area contributed by atoms with E-state index in [0.29, 0.717) is 10.8 Å². The van der Waals surface area contributed by atoms with Crippen molar-refractivity contribution < 1.29 is 52.7 Å². The van der Waals surface area contributed by atoms with Gasteiger partial charge in [-0.2, -0.15) is 0 Å². The van der Waals surface area contributed by atoms with Crippen molar-refractivity contribution in [1.82, 2.24) is 25.8 Å². The van der Waals surface area contributed by atoms with Crippen LogP contribution in [0.15, 0.2) is 48.8 Å². The Balaban J connectivity index is 0.000000325. The normalized spacial score (nSPS) is 11.5. The number of nitrogens with two attached hydrogens (primary N) is 1. The molecule has 1 fully saturated rings. The van der Waals surface area contributed by atoms with Gasteiger partial charge in [0.2, 0.25) is 0 Å². The highest BCUT2D eigenvalue weighted by Gasteiger charge is 2.35. The van der Waals surface area contributed by atoms with E-state index in [-0.39, 0.29) is 37.7 Å². The van der Waals surface area contributed by atoms with Crippen molar-refractivity contribution in [3.05, 3.63) is 60.2 Å². The summed E-state index contributed by atoms with van der Waals surface area (Å²) in [5.41, 5.74) is 2.49. The Morgan fingerprint density at radius 3 is 1.74 bits per heavy atom. The fourth-order valence-corrected chi connectivity index (χ4v) is 2.57. The van der Waals surface area contributed by atoms with Gasteiger partial charge in [-0.05, 0) is 38.1 Å². The number of nitrogens with one attached hydrogen (secondary N) is 2. The number of nitrogens with zero attached hydrogens (tertiary/aromatic N) is 3. The molecule has 2 aromatic heterocycles. The van der Waals surface area contributed by atoms with Crippen LogP contribution >= 0.6 is 0 Å². The van der Waals surface area contributed by atoms with E-state index in [1.807, 2.05) is 5.43 Å². The van der Waals surface area contributed by atoms with Gasteiger partial charge in [-0.25, -0.2) is 20.2 Å². The summed E-state index contributed by atoms with van der Waals surface area (Å²) in [5.74, 6) is -1.65. The molecular weight excluding hydrogens is 560 g/mol. The number of ketones is 1. The van der Waals surface area contributed by atoms with Gasteiger partial charge in [-0.1, -0.05) is 12.1 Å². The molecule has 17 nitrogen and oxygen atoms in total. The van der Waals surface area contributed by atoms with E-state index < -0.39 is 48.0 Å². The molecule has 0 unspecified atom stereocenters. The van der Waals surface area contributed by atoms with Crippen LogP contribution in [0.2, 0.25) is 0 Å². The zero-order valence-electron chi connectivity index (χ0n) is 22.6. The second-order valence-corrected chi connectivity index (χ2v) is 7.41. The molecule has 2 aromatic rings. The van der Waals surface area contributed by atoms with E-state index in [1.54, 1.807) is 37.3 Å². The van der Waals surface area contributed by atoms with Gasteiger partial charge in [-0.3, -0.25) is 39.4 Å². The van der Waals surface area contributed by atoms with Crippen molar-refractivity contribution in [3.63, 3.8) is 0 Å². The fourth-order valence-electron chi connectivity index (χ4n) is 2.57. The Labute approximate surface area is 238 Å². The molecule has 0 bridgehead atoms. The van der Waals surface area contributed by atoms with Gasteiger partial charge in [0.05, 0.1) is 19.8 Å². The molecule has 0 spiro atoms. The molecule has 1 aliphatic rings. The zero-order chi connectivity index (χ0) is 31.5. The van der Waals surface area contributed by atoms with Gasteiger partial charge in [-0.15, -0.1) is 5.06 Å². The number of rotatable bonds is 8. The number of ether oxygens (including phenoxy) is 2. The molecule has 17 heteroatoms. The maximum Gasteiger partial charge on any atom is 0.442 e. The molecule has 0 saturated carbocycles. The molecule has 3 heterocycles. The Morgan fingerprint density at radius 1 is 0.786 bits per heavy atom. The molecule has 4 N–H and O–H groups in total. The number of pyridine rings is 2. The molecule has 4 amide bonds. The third-order valence-corrected chi connectivity index (χ3v) is 4.46. The van der Waals surface area contributed by atoms with Crippen LogP contribution in [0.1, 0.15) is 47.7 Å². The number of esters is 2. The number of Topliss-reactive ketones (excluding diaryl/α,β-unsaturated/α-hetero) is 1. The third-order valence-electron chi connectivity index (χ3n) is 4.46. The standard InChI is InChI=1S/C11H12N2O4.C8H9NO6.C6H7N3O/c1-2-17-11(16)9(14)7-13-10(15)8-5-3-4-6-12-8;1-2-14-7(12)8(13)15-9-5(10)3-4-6(9)11;7-9-6(10)5-3-1-2-4-8-5/h3-6H,2,7H2,1H3,(H,13,15);2-4H2,1H3;1-4H,7H2,(H,9,10). The van der Waals surface area contributed by atoms with Gasteiger partial charge < -0.3 is 19.6 Å². The molecule has 0 aromatic carbocycles. The maximum atomic E-state index is 11.5. The number of nitrogen functional groups attached to an aromatic ring is 1. The summed E-state index contributed by atoms with van der Waals surface area (Å²) in [6.07, 6.45) is 2.95. The number of carbonyl (C=O) groups is 8. The topological polar surface area (TPSA) is 243 Å². The van der Waals surface area contributed by atoms with Crippen LogP contribution in [0.5, 0.6) is 0 Å². The molecular formula is C25H28N6O11. The van der Waals surface area contributed by atoms with E-state index in [1.165, 1.54) is 25.4 Å². The predicted molar refractivity (Wildman–Crippen MR) is 138 cm³/mol. The van der Waals surface area contributed by atoms with Crippen molar-refractivity contribution in [1.29, 1.82) is 0 Å². The second kappa shape index (κ2) is 18.7. The molecule has 0 atom stereocenters. The minimum absolute atomic E-state index is 0.00975. The number of hydroxylamine groups is 2. The number of hydrogen-bond acceptors (Lipinski definition) is 14. The lowest BCUT2D eigenvalue weighted by atomic mass is 10.3. The first kappa shape index (κ1) is 34.4. The average molecular weight is 589 g/mol. The Hall–Kier alpha value is -5.58. The molecule has 224 valence electrons. The van der Waals surface area contributed by atoms with Gasteiger partial charge in [0.1, 0.15) is 11.4 Å². The minimum Gasteiger partial charge on any atom is -0.460 e. The lowest BCUT2D eigenvalue weighted by molar-refractivity contribution is -0.202. The number of amides is 4. The highest BCUT2D eigenvalue weighted by atomic mass is 16.7. The minimum atomic E-state index is -1.37. The van der Waals surface area contributed by atoms with Gasteiger partial charge in [0.15, 0.2) is 0 Å². The molecule has 1 aliphatic heterocycles. The highest BCUT2D eigenvalue weighted by molar-refractivity contribution is 6.34. The molecule has 1 saturated heterocycles. The first-order valence-electron chi connectivity index (χ1n) is 12.1. The number of hydrazine groups is 1. The summed E-state index contributed by atoms with van der Waals surface area (Å²) in [7, 11) is 0. The van der Waals surface area contributed by atoms with E-state index >= 15 is 0 Å². The third kappa shape index (κ3) is 12.1. The molecule has 3 rings (SSSR count). The zero-order valence-corrected chi connectivity index (χ0v) is 22.6. The van der Waals surface area contributed by atoms with Crippen molar-refractivity contribution in [2.45, 2.75) is 26.7 Å². The SMILES string of the molecule is CCOC(=O)C(=O)CNC(=O)c1ccccn1.CCOC(=O)C(=O)ON1C(=O)CCC1=O.NNC(=O)c1ccccn1. The van der Waals surface area contributed by atoms with E-state index in [0.717, 1.165) is 0 Å². The van der Waals surface area contributed by atoms with E-state index in [2.05, 4.69) is 29.6 Å². The van der Waals surface area contributed by atoms with Crippen molar-refractivity contribution >= 4 is 47.3 Å². The summed E-state index contributed by atoms with van der Waals surface area (Å²) in [4.78, 5) is 99.8. The van der Waals surface area contributed by atoms with Gasteiger partial charge >= 0.3 is 17.9 Å². The number of carbonyl (C=O) groups excluding carboxylic acids is 8. The first-order valence-corrected chi connectivity index (χ1v) is 12.1. The highest BCUT2D eigenvalue weighted by Crippen LogP contribution is 2.12. The predicted octanol–water partition coefficient (Wildman–Crippen LogP) is -1.21. The quantitative estimate of drug-likeness (QED) is 0.0818. The van der Waals surface area contributed by atoms with Gasteiger partial charge in [0, 0.05) is 25.2 Å². The van der Waals surface area contributed by atoms with Crippen LogP contribution < -0.4 is 16.6 Å². The molecule has 42 heavy (non-hydrogen) atoms. The van der Waals surface area contributed by atoms with Crippen LogP contribution in [0.25, 0.3) is 0 Å². The smallest absolute Gasteiger partial charge is 0.442 e. The van der Waals surface area contributed by atoms with Crippen molar-refractivity contribution in [2.24, 2.45) is 5.84 Å². The Bertz CT molecular complexity index is 1260. The summed E-state index contributed by atoms with van der Waals surface area (Å²) < 4.78 is 8.81. The first-order chi connectivity index (χ1) is 20.0. The number of imide groups is 1. The molecule has 0 aliphatic carbocycles. The van der Waals surface area contributed by atoms with Crippen LogP contribution in [-0.2, 0) is 43.1 Å². The van der Waals surface area contributed by atoms with Gasteiger partial charge in [0.25, 0.3) is 29.4 Å². The van der Waals surface area contributed by atoms with E-state index in [4.69, 9.17) is 5.84 Å². The Kier molecular flexibility index (Phi) is 15.3. The largest absolute Gasteiger partial charge is 0.460 e. The number of hydrogen-bond donors (Lipinski definition) is 3. The van der Waals surface area contributed by atoms with Crippen molar-refractivity contribution in [2.75, 3.05) is 19.8 Å². The lowest BCUT2D eigenvalue weighted by Gasteiger charge is -2.11. The summed E-state index contributed by atoms with van der Waals surface area (Å²) in [6, 6.07) is 9.85. The van der Waals surface area contributed by atoms with Crippen LogP contribution in [0.3, 0.4) is 0 Å². The maximum absolute atomic E-state index is 11.5. The Morgan fingerprint density at radius 2 is 1.29 bits per heavy atom. The van der Waals surface area contributed by atoms with E-state index in [9.17, 15) is 38.4 Å².